The normalized spacial score (nSPS) is 13.2. The van der Waals surface area contributed by atoms with Crippen molar-refractivity contribution in [2.45, 2.75) is 12.3 Å². The molecule has 0 amide bonds. The van der Waals surface area contributed by atoms with Gasteiger partial charge in [0, 0.05) is 23.0 Å². The molecule has 0 saturated heterocycles. The molecular weight excluding hydrogens is 615 g/mol. The quantitative estimate of drug-likeness (QED) is 0.166. The first-order valence-electron chi connectivity index (χ1n) is 17.8. The van der Waals surface area contributed by atoms with Crippen LogP contribution in [0.4, 0.5) is 17.1 Å². The van der Waals surface area contributed by atoms with Crippen molar-refractivity contribution in [1.82, 2.24) is 0 Å². The van der Waals surface area contributed by atoms with Gasteiger partial charge in [-0.1, -0.05) is 152 Å². The summed E-state index contributed by atoms with van der Waals surface area (Å²) in [5, 5.41) is 0. The summed E-state index contributed by atoms with van der Waals surface area (Å²) in [5.74, 6) is 0.329. The first-order chi connectivity index (χ1) is 25.3. The summed E-state index contributed by atoms with van der Waals surface area (Å²) in [7, 11) is 0. The van der Waals surface area contributed by atoms with Crippen molar-refractivity contribution >= 4 is 17.1 Å². The lowest BCUT2D eigenvalue weighted by Crippen LogP contribution is -2.13. The Balaban J connectivity index is 1.07. The second-order valence-electron chi connectivity index (χ2n) is 13.3. The zero-order valence-corrected chi connectivity index (χ0v) is 28.4. The van der Waals surface area contributed by atoms with Crippen LogP contribution in [0.3, 0.4) is 0 Å². The number of hydrogen-bond acceptors (Lipinski definition) is 1. The van der Waals surface area contributed by atoms with E-state index in [9.17, 15) is 0 Å². The molecule has 1 heteroatoms. The first kappa shape index (κ1) is 30.6. The minimum absolute atomic E-state index is 0.329. The van der Waals surface area contributed by atoms with E-state index < -0.39 is 0 Å². The van der Waals surface area contributed by atoms with Gasteiger partial charge in [0.2, 0.25) is 0 Å². The fourth-order valence-corrected chi connectivity index (χ4v) is 7.68. The van der Waals surface area contributed by atoms with E-state index in [1.165, 1.54) is 61.2 Å². The molecule has 242 valence electrons. The van der Waals surface area contributed by atoms with Crippen LogP contribution in [-0.2, 0) is 6.42 Å². The highest BCUT2D eigenvalue weighted by Gasteiger charge is 2.27. The van der Waals surface area contributed by atoms with Crippen molar-refractivity contribution in [3.63, 3.8) is 0 Å². The monoisotopic (exact) mass is 651 g/mol. The van der Waals surface area contributed by atoms with E-state index >= 15 is 0 Å². The number of para-hydroxylation sites is 2. The van der Waals surface area contributed by atoms with E-state index in [1.54, 1.807) is 0 Å². The molecule has 0 aromatic heterocycles. The van der Waals surface area contributed by atoms with Gasteiger partial charge in [0.1, 0.15) is 0 Å². The van der Waals surface area contributed by atoms with Gasteiger partial charge in [-0.15, -0.1) is 0 Å². The van der Waals surface area contributed by atoms with E-state index in [1.807, 2.05) is 0 Å². The molecule has 1 atom stereocenters. The van der Waals surface area contributed by atoms with E-state index in [0.717, 1.165) is 23.5 Å². The van der Waals surface area contributed by atoms with Crippen LogP contribution >= 0.6 is 0 Å². The topological polar surface area (TPSA) is 3.24 Å². The van der Waals surface area contributed by atoms with Gasteiger partial charge < -0.3 is 4.90 Å². The van der Waals surface area contributed by atoms with Crippen molar-refractivity contribution in [2.75, 3.05) is 4.90 Å². The van der Waals surface area contributed by atoms with Crippen LogP contribution < -0.4 is 4.90 Å². The van der Waals surface area contributed by atoms with Crippen molar-refractivity contribution < 1.29 is 0 Å². The highest BCUT2D eigenvalue weighted by molar-refractivity contribution is 5.85. The number of hydrogen-bond donors (Lipinski definition) is 0. The van der Waals surface area contributed by atoms with Crippen molar-refractivity contribution in [3.05, 3.63) is 223 Å². The molecule has 1 aliphatic rings. The number of fused-ring (bicyclic) bond motifs is 3. The van der Waals surface area contributed by atoms with Crippen LogP contribution in [0.2, 0.25) is 0 Å². The smallest absolute Gasteiger partial charge is 0.0462 e. The van der Waals surface area contributed by atoms with E-state index in [0.29, 0.717) is 5.92 Å². The maximum atomic E-state index is 2.42. The SMILES string of the molecule is c1ccc(-c2ccc3c(c2)-c2cc(-c4cccc(-c5ccc(N(c6ccccc6)c6ccccc6)cc5)c4)ccc2CC3c2ccccc2)cc1. The lowest BCUT2D eigenvalue weighted by molar-refractivity contribution is 0.794. The third-order valence-corrected chi connectivity index (χ3v) is 10.2. The summed E-state index contributed by atoms with van der Waals surface area (Å²) in [6, 6.07) is 74.9. The van der Waals surface area contributed by atoms with Crippen molar-refractivity contribution in [1.29, 1.82) is 0 Å². The molecule has 51 heavy (non-hydrogen) atoms. The summed E-state index contributed by atoms with van der Waals surface area (Å²) in [4.78, 5) is 2.30. The fourth-order valence-electron chi connectivity index (χ4n) is 7.68. The van der Waals surface area contributed by atoms with Gasteiger partial charge >= 0.3 is 0 Å². The van der Waals surface area contributed by atoms with E-state index in [2.05, 4.69) is 211 Å². The Morgan fingerprint density at radius 2 is 0.784 bits per heavy atom. The average molecular weight is 652 g/mol. The molecule has 8 aromatic carbocycles. The summed E-state index contributed by atoms with van der Waals surface area (Å²) in [6.07, 6.45) is 0.993. The van der Waals surface area contributed by atoms with Crippen molar-refractivity contribution in [2.24, 2.45) is 0 Å². The minimum Gasteiger partial charge on any atom is -0.311 e. The van der Waals surface area contributed by atoms with Gasteiger partial charge in [0.15, 0.2) is 0 Å². The molecular formula is C50H37N. The first-order valence-corrected chi connectivity index (χ1v) is 17.8. The Kier molecular flexibility index (Phi) is 8.08. The van der Waals surface area contributed by atoms with Gasteiger partial charge in [-0.2, -0.15) is 0 Å². The van der Waals surface area contributed by atoms with Gasteiger partial charge in [-0.3, -0.25) is 0 Å². The number of benzene rings is 8. The highest BCUT2D eigenvalue weighted by Crippen LogP contribution is 2.46. The van der Waals surface area contributed by atoms with Crippen molar-refractivity contribution in [3.8, 4) is 44.5 Å². The Morgan fingerprint density at radius 3 is 1.45 bits per heavy atom. The summed E-state index contributed by atoms with van der Waals surface area (Å²) in [6.45, 7) is 0. The fraction of sp³-hybridized carbons (Fsp3) is 0.0400. The van der Waals surface area contributed by atoms with Crippen LogP contribution in [-0.4, -0.2) is 0 Å². The molecule has 0 bridgehead atoms. The average Bonchev–Trinajstić information content (AvgIpc) is 3.22. The molecule has 0 spiro atoms. The summed E-state index contributed by atoms with van der Waals surface area (Å²) < 4.78 is 0. The maximum absolute atomic E-state index is 2.42. The van der Waals surface area contributed by atoms with E-state index in [4.69, 9.17) is 0 Å². The van der Waals surface area contributed by atoms with Crippen LogP contribution in [0.5, 0.6) is 0 Å². The Morgan fingerprint density at radius 1 is 0.333 bits per heavy atom. The molecule has 0 fully saturated rings. The lowest BCUT2D eigenvalue weighted by atomic mass is 9.74. The Hall–Kier alpha value is -6.44. The van der Waals surface area contributed by atoms with Crippen LogP contribution in [0, 0.1) is 0 Å². The molecule has 1 unspecified atom stereocenters. The van der Waals surface area contributed by atoms with Gasteiger partial charge in [0.25, 0.3) is 0 Å². The highest BCUT2D eigenvalue weighted by atomic mass is 15.1. The van der Waals surface area contributed by atoms with Gasteiger partial charge in [-0.05, 0) is 122 Å². The standard InChI is InChI=1S/C50H37N/c1-5-14-36(15-6-1)41-28-31-47-48(38-16-7-2-8-17-38)35-43-25-24-42(33-49(43)50(47)34-41)40-19-13-18-39(32-40)37-26-29-46(30-27-37)51(44-20-9-3-10-21-44)45-22-11-4-12-23-45/h1-34,48H,35H2. The number of nitrogens with zero attached hydrogens (tertiary/aromatic N) is 1. The van der Waals surface area contributed by atoms with Crippen LogP contribution in [0.15, 0.2) is 206 Å². The second kappa shape index (κ2) is 13.5. The maximum Gasteiger partial charge on any atom is 0.0462 e. The molecule has 0 N–H and O–H groups in total. The van der Waals surface area contributed by atoms with E-state index in [-0.39, 0.29) is 0 Å². The lowest BCUT2D eigenvalue weighted by Gasteiger charge is -2.29. The van der Waals surface area contributed by atoms with Crippen LogP contribution in [0.1, 0.15) is 22.6 Å². The molecule has 9 rings (SSSR count). The van der Waals surface area contributed by atoms with Gasteiger partial charge in [0.05, 0.1) is 0 Å². The largest absolute Gasteiger partial charge is 0.311 e. The second-order valence-corrected chi connectivity index (χ2v) is 13.3. The third kappa shape index (κ3) is 6.05. The van der Waals surface area contributed by atoms with Gasteiger partial charge in [-0.25, -0.2) is 0 Å². The predicted octanol–water partition coefficient (Wildman–Crippen LogP) is 13.5. The third-order valence-electron chi connectivity index (χ3n) is 10.2. The minimum atomic E-state index is 0.329. The predicted molar refractivity (Wildman–Crippen MR) is 215 cm³/mol. The Bertz CT molecular complexity index is 2380. The Labute approximate surface area is 300 Å². The zero-order valence-electron chi connectivity index (χ0n) is 28.4. The zero-order chi connectivity index (χ0) is 34.0. The summed E-state index contributed by atoms with van der Waals surface area (Å²) in [5.41, 5.74) is 17.6. The molecule has 0 saturated carbocycles. The van der Waals surface area contributed by atoms with Crippen LogP contribution in [0.25, 0.3) is 44.5 Å². The number of anilines is 3. The molecule has 0 radical (unpaired) electrons. The molecule has 1 aliphatic carbocycles. The summed E-state index contributed by atoms with van der Waals surface area (Å²) >= 11 is 0. The number of rotatable bonds is 7. The molecule has 0 heterocycles. The molecule has 8 aromatic rings. The molecule has 1 nitrogen and oxygen atoms in total. The molecule has 0 aliphatic heterocycles.